The number of hydrogen-bond donors (Lipinski definition) is 0. The molecule has 3 heterocycles. The molecule has 1 saturated heterocycles. The van der Waals surface area contributed by atoms with E-state index in [9.17, 15) is 4.79 Å². The number of rotatable bonds is 2. The van der Waals surface area contributed by atoms with Gasteiger partial charge in [-0.1, -0.05) is 12.1 Å². The van der Waals surface area contributed by atoms with Crippen LogP contribution in [0.15, 0.2) is 35.0 Å². The molecule has 3 aromatic rings. The Bertz CT molecular complexity index is 923. The van der Waals surface area contributed by atoms with Crippen molar-refractivity contribution in [2.24, 2.45) is 0 Å². The van der Waals surface area contributed by atoms with Crippen molar-refractivity contribution < 1.29 is 9.21 Å². The molecule has 1 aliphatic rings. The average Bonchev–Trinajstić information content (AvgIpc) is 2.99. The molecule has 7 heteroatoms. The van der Waals surface area contributed by atoms with Crippen molar-refractivity contribution in [3.05, 3.63) is 47.9 Å². The summed E-state index contributed by atoms with van der Waals surface area (Å²) in [6.07, 6.45) is 1.59. The minimum Gasteiger partial charge on any atom is -0.445 e. The van der Waals surface area contributed by atoms with Crippen molar-refractivity contribution in [1.82, 2.24) is 19.9 Å². The highest BCUT2D eigenvalue weighted by atomic mass is 16.4. The van der Waals surface area contributed by atoms with Gasteiger partial charge in [-0.25, -0.2) is 15.0 Å². The van der Waals surface area contributed by atoms with Gasteiger partial charge in [0.25, 0.3) is 5.91 Å². The van der Waals surface area contributed by atoms with Crippen molar-refractivity contribution in [2.45, 2.75) is 13.8 Å². The molecular formula is C18H19N5O2. The van der Waals surface area contributed by atoms with Crippen LogP contribution in [0.4, 0.5) is 5.82 Å². The highest BCUT2D eigenvalue weighted by Gasteiger charge is 2.27. The Hall–Kier alpha value is -2.96. The van der Waals surface area contributed by atoms with E-state index in [1.54, 1.807) is 20.2 Å². The summed E-state index contributed by atoms with van der Waals surface area (Å²) >= 11 is 0. The van der Waals surface area contributed by atoms with Gasteiger partial charge in [0, 0.05) is 38.5 Å². The number of para-hydroxylation sites is 1. The van der Waals surface area contributed by atoms with Crippen molar-refractivity contribution in [3.63, 3.8) is 0 Å². The molecule has 7 nitrogen and oxygen atoms in total. The first-order valence-corrected chi connectivity index (χ1v) is 8.31. The predicted octanol–water partition coefficient (Wildman–Crippen LogP) is 2.20. The quantitative estimate of drug-likeness (QED) is 0.713. The van der Waals surface area contributed by atoms with Crippen LogP contribution in [0.1, 0.15) is 22.1 Å². The molecule has 1 fully saturated rings. The Morgan fingerprint density at radius 2 is 1.84 bits per heavy atom. The molecule has 25 heavy (non-hydrogen) atoms. The number of hydrogen-bond acceptors (Lipinski definition) is 6. The molecule has 128 valence electrons. The monoisotopic (exact) mass is 337 g/mol. The van der Waals surface area contributed by atoms with Crippen LogP contribution in [0, 0.1) is 13.8 Å². The van der Waals surface area contributed by atoms with Gasteiger partial charge in [-0.15, -0.1) is 0 Å². The van der Waals surface area contributed by atoms with E-state index in [4.69, 9.17) is 4.42 Å². The first-order valence-electron chi connectivity index (χ1n) is 8.31. The number of fused-ring (bicyclic) bond motifs is 1. The van der Waals surface area contributed by atoms with Gasteiger partial charge in [0.15, 0.2) is 11.6 Å². The number of oxazole rings is 1. The number of amides is 1. The van der Waals surface area contributed by atoms with Gasteiger partial charge in [0.2, 0.25) is 0 Å². The Labute approximate surface area is 145 Å². The summed E-state index contributed by atoms with van der Waals surface area (Å²) in [6.45, 7) is 6.23. The second-order valence-corrected chi connectivity index (χ2v) is 6.13. The molecule has 0 saturated carbocycles. The summed E-state index contributed by atoms with van der Waals surface area (Å²) < 4.78 is 5.38. The molecule has 1 aliphatic heterocycles. The Kier molecular flexibility index (Phi) is 3.83. The number of aromatic nitrogens is 3. The van der Waals surface area contributed by atoms with Crippen LogP contribution in [0.25, 0.3) is 10.9 Å². The molecule has 1 aromatic carbocycles. The normalized spacial score (nSPS) is 15.0. The number of carbonyl (C=O) groups is 1. The van der Waals surface area contributed by atoms with Gasteiger partial charge >= 0.3 is 0 Å². The van der Waals surface area contributed by atoms with Gasteiger partial charge in [-0.05, 0) is 19.1 Å². The number of aryl methyl sites for hydroxylation is 2. The van der Waals surface area contributed by atoms with E-state index >= 15 is 0 Å². The van der Waals surface area contributed by atoms with Crippen LogP contribution >= 0.6 is 0 Å². The molecule has 0 radical (unpaired) electrons. The zero-order chi connectivity index (χ0) is 17.4. The first kappa shape index (κ1) is 15.6. The van der Waals surface area contributed by atoms with E-state index < -0.39 is 0 Å². The number of benzene rings is 1. The lowest BCUT2D eigenvalue weighted by Gasteiger charge is -2.35. The zero-order valence-electron chi connectivity index (χ0n) is 14.3. The maximum absolute atomic E-state index is 12.6. The van der Waals surface area contributed by atoms with Gasteiger partial charge in [-0.2, -0.15) is 0 Å². The van der Waals surface area contributed by atoms with Gasteiger partial charge in [0.05, 0.1) is 5.52 Å². The topological polar surface area (TPSA) is 75.4 Å². The van der Waals surface area contributed by atoms with E-state index in [0.29, 0.717) is 30.4 Å². The van der Waals surface area contributed by atoms with Crippen LogP contribution in [0.2, 0.25) is 0 Å². The molecular weight excluding hydrogens is 318 g/mol. The minimum absolute atomic E-state index is 0.0680. The first-order chi connectivity index (χ1) is 12.1. The van der Waals surface area contributed by atoms with Crippen LogP contribution in [0.5, 0.6) is 0 Å². The fraction of sp³-hybridized carbons (Fsp3) is 0.333. The number of piperazine rings is 1. The lowest BCUT2D eigenvalue weighted by atomic mass is 10.2. The molecule has 0 spiro atoms. The smallest absolute Gasteiger partial charge is 0.276 e. The second kappa shape index (κ2) is 6.16. The van der Waals surface area contributed by atoms with Crippen molar-refractivity contribution in [1.29, 1.82) is 0 Å². The largest absolute Gasteiger partial charge is 0.445 e. The highest BCUT2D eigenvalue weighted by molar-refractivity contribution is 5.93. The van der Waals surface area contributed by atoms with Gasteiger partial charge < -0.3 is 14.2 Å². The molecule has 0 aliphatic carbocycles. The van der Waals surface area contributed by atoms with E-state index in [1.165, 1.54) is 0 Å². The van der Waals surface area contributed by atoms with E-state index in [-0.39, 0.29) is 5.91 Å². The second-order valence-electron chi connectivity index (χ2n) is 6.13. The summed E-state index contributed by atoms with van der Waals surface area (Å²) in [4.78, 5) is 29.7. The van der Waals surface area contributed by atoms with E-state index in [0.717, 1.165) is 29.8 Å². The average molecular weight is 337 g/mol. The molecule has 0 bridgehead atoms. The van der Waals surface area contributed by atoms with Gasteiger partial charge in [-0.3, -0.25) is 4.79 Å². The summed E-state index contributed by atoms with van der Waals surface area (Å²) in [6, 6.07) is 7.97. The lowest BCUT2D eigenvalue weighted by molar-refractivity contribution is 0.0739. The summed E-state index contributed by atoms with van der Waals surface area (Å²) in [5.41, 5.74) is 1.35. The standard InChI is InChI=1S/C18H19N5O2/c1-12-16(21-13(2)25-12)18(24)23-9-7-22(8-10-23)17-14-5-3-4-6-15(14)19-11-20-17/h3-6,11H,7-10H2,1-2H3. The van der Waals surface area contributed by atoms with Crippen molar-refractivity contribution in [2.75, 3.05) is 31.1 Å². The third-order valence-corrected chi connectivity index (χ3v) is 4.49. The Morgan fingerprint density at radius 1 is 1.08 bits per heavy atom. The maximum Gasteiger partial charge on any atom is 0.276 e. The van der Waals surface area contributed by atoms with Crippen LogP contribution in [-0.2, 0) is 0 Å². The summed E-state index contributed by atoms with van der Waals surface area (Å²) in [5, 5.41) is 1.03. The van der Waals surface area contributed by atoms with Crippen molar-refractivity contribution >= 4 is 22.6 Å². The third-order valence-electron chi connectivity index (χ3n) is 4.49. The molecule has 0 atom stereocenters. The van der Waals surface area contributed by atoms with E-state index in [2.05, 4.69) is 19.9 Å². The Balaban J connectivity index is 1.51. The van der Waals surface area contributed by atoms with E-state index in [1.807, 2.05) is 29.2 Å². The molecule has 1 amide bonds. The third kappa shape index (κ3) is 2.82. The number of nitrogens with zero attached hydrogens (tertiary/aromatic N) is 5. The molecule has 4 rings (SSSR count). The Morgan fingerprint density at radius 3 is 2.56 bits per heavy atom. The lowest BCUT2D eigenvalue weighted by Crippen LogP contribution is -2.49. The van der Waals surface area contributed by atoms with Crippen LogP contribution in [-0.4, -0.2) is 51.9 Å². The number of anilines is 1. The van der Waals surface area contributed by atoms with Gasteiger partial charge in [0.1, 0.15) is 17.9 Å². The van der Waals surface area contributed by atoms with Crippen molar-refractivity contribution in [3.8, 4) is 0 Å². The van der Waals surface area contributed by atoms with Crippen LogP contribution < -0.4 is 4.90 Å². The fourth-order valence-corrected chi connectivity index (χ4v) is 3.24. The summed E-state index contributed by atoms with van der Waals surface area (Å²) in [5.74, 6) is 1.95. The summed E-state index contributed by atoms with van der Waals surface area (Å²) in [7, 11) is 0. The molecule has 0 N–H and O–H groups in total. The molecule has 2 aromatic heterocycles. The predicted molar refractivity (Wildman–Crippen MR) is 93.6 cm³/mol. The van der Waals surface area contributed by atoms with Crippen LogP contribution in [0.3, 0.4) is 0 Å². The fourth-order valence-electron chi connectivity index (χ4n) is 3.24. The molecule has 0 unspecified atom stereocenters. The number of carbonyl (C=O) groups excluding carboxylic acids is 1. The SMILES string of the molecule is Cc1nc(C(=O)N2CCN(c3ncnc4ccccc34)CC2)c(C)o1. The maximum atomic E-state index is 12.6. The minimum atomic E-state index is -0.0680. The highest BCUT2D eigenvalue weighted by Crippen LogP contribution is 2.24. The zero-order valence-corrected chi connectivity index (χ0v) is 14.3.